The van der Waals surface area contributed by atoms with Crippen LogP contribution in [0.1, 0.15) is 12.0 Å². The van der Waals surface area contributed by atoms with E-state index >= 15 is 0 Å². The first kappa shape index (κ1) is 22.1. The molecule has 1 saturated heterocycles. The van der Waals surface area contributed by atoms with Crippen LogP contribution in [-0.4, -0.2) is 50.8 Å². The minimum atomic E-state index is -4.24. The molecule has 1 atom stereocenters. The molecule has 0 aromatic heterocycles. The summed E-state index contributed by atoms with van der Waals surface area (Å²) in [6.07, 6.45) is -3.26. The lowest BCUT2D eigenvalue weighted by Crippen LogP contribution is -2.32. The van der Waals surface area contributed by atoms with Crippen LogP contribution in [0, 0.1) is 0 Å². The second-order valence-corrected chi connectivity index (χ2v) is 7.55. The molecule has 25 heavy (non-hydrogen) atoms. The fourth-order valence-electron chi connectivity index (χ4n) is 2.29. The van der Waals surface area contributed by atoms with Crippen molar-refractivity contribution in [3.05, 3.63) is 29.8 Å². The number of nitrogens with two attached hydrogens (primary N) is 1. The SMILES string of the molecule is Cl.N[C@@H]1CCN(S(=O)(=O)c2cccc(COCC(F)(F)C(F)F)c2)C1. The lowest BCUT2D eigenvalue weighted by molar-refractivity contribution is -0.168. The van der Waals surface area contributed by atoms with Gasteiger partial charge in [0.1, 0.15) is 6.61 Å². The summed E-state index contributed by atoms with van der Waals surface area (Å²) in [6.45, 7) is -1.32. The van der Waals surface area contributed by atoms with Crippen molar-refractivity contribution < 1.29 is 30.7 Å². The Labute approximate surface area is 149 Å². The number of hydrogen-bond donors (Lipinski definition) is 1. The highest BCUT2D eigenvalue weighted by molar-refractivity contribution is 7.89. The van der Waals surface area contributed by atoms with E-state index in [-0.39, 0.29) is 29.9 Å². The lowest BCUT2D eigenvalue weighted by Gasteiger charge is -2.17. The minimum Gasteiger partial charge on any atom is -0.370 e. The molecule has 2 rings (SSSR count). The molecule has 1 fully saturated rings. The number of alkyl halides is 4. The second-order valence-electron chi connectivity index (χ2n) is 5.61. The van der Waals surface area contributed by atoms with Crippen LogP contribution in [0.5, 0.6) is 0 Å². The molecule has 2 N–H and O–H groups in total. The predicted molar refractivity (Wildman–Crippen MR) is 85.6 cm³/mol. The maximum Gasteiger partial charge on any atom is 0.330 e. The Morgan fingerprint density at radius 3 is 2.60 bits per heavy atom. The van der Waals surface area contributed by atoms with Gasteiger partial charge < -0.3 is 10.5 Å². The zero-order valence-electron chi connectivity index (χ0n) is 13.1. The maximum atomic E-state index is 12.8. The molecule has 1 aliphatic rings. The third kappa shape index (κ3) is 5.52. The summed E-state index contributed by atoms with van der Waals surface area (Å²) in [7, 11) is -3.73. The van der Waals surface area contributed by atoms with Gasteiger partial charge in [0.05, 0.1) is 11.5 Å². The van der Waals surface area contributed by atoms with E-state index in [1.807, 2.05) is 0 Å². The number of benzene rings is 1. The van der Waals surface area contributed by atoms with Crippen molar-refractivity contribution in [2.75, 3.05) is 19.7 Å². The Kier molecular flexibility index (Phi) is 7.63. The van der Waals surface area contributed by atoms with Gasteiger partial charge in [-0.1, -0.05) is 12.1 Å². The van der Waals surface area contributed by atoms with Crippen LogP contribution in [0.15, 0.2) is 29.2 Å². The molecule has 0 saturated carbocycles. The Balaban J connectivity index is 0.00000312. The van der Waals surface area contributed by atoms with Crippen molar-refractivity contribution in [2.24, 2.45) is 5.73 Å². The number of ether oxygens (including phenoxy) is 1. The average Bonchev–Trinajstić information content (AvgIpc) is 2.94. The zero-order valence-corrected chi connectivity index (χ0v) is 14.7. The van der Waals surface area contributed by atoms with Crippen molar-refractivity contribution in [3.8, 4) is 0 Å². The quantitative estimate of drug-likeness (QED) is 0.705. The van der Waals surface area contributed by atoms with Gasteiger partial charge in [-0.05, 0) is 24.1 Å². The van der Waals surface area contributed by atoms with Gasteiger partial charge in [-0.3, -0.25) is 0 Å². The smallest absolute Gasteiger partial charge is 0.330 e. The molecule has 5 nitrogen and oxygen atoms in total. The van der Waals surface area contributed by atoms with Gasteiger partial charge in [0.25, 0.3) is 0 Å². The van der Waals surface area contributed by atoms with Gasteiger partial charge in [0.15, 0.2) is 0 Å². The molecule has 1 aromatic rings. The third-order valence-corrected chi connectivity index (χ3v) is 5.47. The molecule has 1 aromatic carbocycles. The lowest BCUT2D eigenvalue weighted by atomic mass is 10.2. The van der Waals surface area contributed by atoms with E-state index in [4.69, 9.17) is 5.73 Å². The number of sulfonamides is 1. The largest absolute Gasteiger partial charge is 0.370 e. The minimum absolute atomic E-state index is 0. The van der Waals surface area contributed by atoms with Gasteiger partial charge in [-0.15, -0.1) is 12.4 Å². The summed E-state index contributed by atoms with van der Waals surface area (Å²) >= 11 is 0. The Hall–Kier alpha value is -0.940. The molecule has 0 bridgehead atoms. The van der Waals surface area contributed by atoms with Crippen molar-refractivity contribution in [1.82, 2.24) is 4.31 Å². The number of nitrogens with zero attached hydrogens (tertiary/aromatic N) is 1. The topological polar surface area (TPSA) is 72.6 Å². The fourth-order valence-corrected chi connectivity index (χ4v) is 3.87. The first-order valence-electron chi connectivity index (χ1n) is 7.21. The highest BCUT2D eigenvalue weighted by Crippen LogP contribution is 2.24. The first-order valence-corrected chi connectivity index (χ1v) is 8.65. The molecule has 144 valence electrons. The van der Waals surface area contributed by atoms with E-state index in [0.717, 1.165) is 0 Å². The Morgan fingerprint density at radius 1 is 1.36 bits per heavy atom. The molecule has 0 radical (unpaired) electrons. The number of halogens is 5. The molecule has 11 heteroatoms. The molecular weight excluding hydrogens is 388 g/mol. The van der Waals surface area contributed by atoms with Crippen molar-refractivity contribution in [2.45, 2.75) is 36.3 Å². The van der Waals surface area contributed by atoms with E-state index in [1.165, 1.54) is 28.6 Å². The van der Waals surface area contributed by atoms with Gasteiger partial charge in [-0.2, -0.15) is 13.1 Å². The summed E-state index contributed by atoms with van der Waals surface area (Å²) in [5.74, 6) is -4.24. The molecule has 0 amide bonds. The normalized spacial score (nSPS) is 19.2. The van der Waals surface area contributed by atoms with Crippen molar-refractivity contribution in [1.29, 1.82) is 0 Å². The van der Waals surface area contributed by atoms with Crippen LogP contribution < -0.4 is 5.73 Å². The number of hydrogen-bond acceptors (Lipinski definition) is 4. The highest BCUT2D eigenvalue weighted by atomic mass is 35.5. The van der Waals surface area contributed by atoms with Crippen LogP contribution >= 0.6 is 12.4 Å². The van der Waals surface area contributed by atoms with Crippen LogP contribution in [-0.2, 0) is 21.4 Å². The van der Waals surface area contributed by atoms with Gasteiger partial charge in [0, 0.05) is 19.1 Å². The summed E-state index contributed by atoms with van der Waals surface area (Å²) in [4.78, 5) is -0.0154. The van der Waals surface area contributed by atoms with Crippen molar-refractivity contribution >= 4 is 22.4 Å². The molecular formula is C14H19ClF4N2O3S. The first-order chi connectivity index (χ1) is 11.1. The van der Waals surface area contributed by atoms with E-state index in [2.05, 4.69) is 4.74 Å². The maximum absolute atomic E-state index is 12.8. The van der Waals surface area contributed by atoms with E-state index in [0.29, 0.717) is 18.5 Å². The van der Waals surface area contributed by atoms with Crippen LogP contribution in [0.2, 0.25) is 0 Å². The molecule has 1 aliphatic heterocycles. The molecule has 0 aliphatic carbocycles. The highest BCUT2D eigenvalue weighted by Gasteiger charge is 2.41. The van der Waals surface area contributed by atoms with E-state index in [1.54, 1.807) is 0 Å². The zero-order chi connectivity index (χ0) is 18.0. The summed E-state index contributed by atoms with van der Waals surface area (Å²) in [6, 6.07) is 5.33. The predicted octanol–water partition coefficient (Wildman–Crippen LogP) is 2.25. The van der Waals surface area contributed by atoms with Crippen LogP contribution in [0.4, 0.5) is 17.6 Å². The standard InChI is InChI=1S/C14H18F4N2O3S.ClH/c15-13(16)14(17,18)9-23-8-10-2-1-3-12(6-10)24(21,22)20-5-4-11(19)7-20;/h1-3,6,11,13H,4-5,7-9,19H2;1H/t11-;/m1./s1. The average molecular weight is 407 g/mol. The molecule has 1 heterocycles. The van der Waals surface area contributed by atoms with Crippen LogP contribution in [0.3, 0.4) is 0 Å². The van der Waals surface area contributed by atoms with Crippen molar-refractivity contribution in [3.63, 3.8) is 0 Å². The van der Waals surface area contributed by atoms with Gasteiger partial charge >= 0.3 is 12.3 Å². The van der Waals surface area contributed by atoms with Crippen LogP contribution in [0.25, 0.3) is 0 Å². The van der Waals surface area contributed by atoms with E-state index in [9.17, 15) is 26.0 Å². The molecule has 0 unspecified atom stereocenters. The Bertz CT molecular complexity index is 676. The van der Waals surface area contributed by atoms with Gasteiger partial charge in [-0.25, -0.2) is 17.2 Å². The second kappa shape index (κ2) is 8.63. The van der Waals surface area contributed by atoms with E-state index < -0.39 is 35.6 Å². The Morgan fingerprint density at radius 2 is 2.04 bits per heavy atom. The molecule has 0 spiro atoms. The summed E-state index contributed by atoms with van der Waals surface area (Å²) in [5, 5.41) is 0. The third-order valence-electron chi connectivity index (χ3n) is 3.61. The summed E-state index contributed by atoms with van der Waals surface area (Å²) < 4.78 is 80.4. The van der Waals surface area contributed by atoms with Gasteiger partial charge in [0.2, 0.25) is 10.0 Å². The fraction of sp³-hybridized carbons (Fsp3) is 0.571. The monoisotopic (exact) mass is 406 g/mol. The number of rotatable bonds is 7. The summed E-state index contributed by atoms with van der Waals surface area (Å²) in [5.41, 5.74) is 6.00.